The Morgan fingerprint density at radius 1 is 1.00 bits per heavy atom. The predicted molar refractivity (Wildman–Crippen MR) is 106 cm³/mol. The highest BCUT2D eigenvalue weighted by Crippen LogP contribution is 2.20. The molecule has 0 saturated carbocycles. The molecule has 9 nitrogen and oxygen atoms in total. The second kappa shape index (κ2) is 10.8. The van der Waals surface area contributed by atoms with Crippen LogP contribution in [0, 0.1) is 0 Å². The molecule has 10 heteroatoms. The molecule has 1 fully saturated rings. The number of hydrogen-bond donors (Lipinski definition) is 1. The van der Waals surface area contributed by atoms with Crippen LogP contribution in [0.25, 0.3) is 0 Å². The third kappa shape index (κ3) is 6.99. The van der Waals surface area contributed by atoms with E-state index in [-0.39, 0.29) is 19.1 Å². The van der Waals surface area contributed by atoms with Crippen LogP contribution < -0.4 is 5.43 Å². The largest absolute Gasteiger partial charge is 0.449 e. The van der Waals surface area contributed by atoms with Crippen LogP contribution in [-0.2, 0) is 19.1 Å². The zero-order chi connectivity index (χ0) is 21.3. The number of likely N-dealkylation sites (tertiary alicyclic amines) is 1. The monoisotopic (exact) mass is 413 g/mol. The van der Waals surface area contributed by atoms with Crippen LogP contribution in [0.1, 0.15) is 33.1 Å². The quantitative estimate of drug-likeness (QED) is 0.422. The Kier molecular flexibility index (Phi) is 9.16. The Hall–Kier alpha value is -2.36. The van der Waals surface area contributed by atoms with Gasteiger partial charge >= 0.3 is 12.2 Å². The third-order valence-electron chi connectivity index (χ3n) is 4.10. The van der Waals surface area contributed by atoms with E-state index in [4.69, 9.17) is 9.47 Å². The van der Waals surface area contributed by atoms with E-state index in [1.807, 2.05) is 19.6 Å². The lowest BCUT2D eigenvalue weighted by Gasteiger charge is -2.31. The fourth-order valence-electron chi connectivity index (χ4n) is 2.69. The first-order valence-corrected chi connectivity index (χ1v) is 13.1. The molecular weight excluding hydrogens is 382 g/mol. The third-order valence-corrected chi connectivity index (χ3v) is 6.07. The number of rotatable bonds is 5. The van der Waals surface area contributed by atoms with E-state index < -0.39 is 26.2 Å². The van der Waals surface area contributed by atoms with Crippen molar-refractivity contribution in [3.8, 4) is 0 Å². The highest BCUT2D eigenvalue weighted by Gasteiger charge is 2.33. The molecule has 0 unspecified atom stereocenters. The molecular formula is C18H31N3O6Si. The van der Waals surface area contributed by atoms with Gasteiger partial charge in [0.05, 0.1) is 21.3 Å². The molecule has 1 aliphatic heterocycles. The number of carbonyl (C=O) groups excluding carboxylic acids is 4. The maximum absolute atomic E-state index is 13.0. The van der Waals surface area contributed by atoms with Gasteiger partial charge in [0.2, 0.25) is 5.91 Å². The number of amides is 4. The molecule has 0 aromatic heterocycles. The molecule has 0 spiro atoms. The highest BCUT2D eigenvalue weighted by molar-refractivity contribution is 6.87. The molecule has 1 rings (SSSR count). The van der Waals surface area contributed by atoms with Crippen molar-refractivity contribution in [2.75, 3.05) is 26.3 Å². The maximum atomic E-state index is 13.0. The number of imide groups is 1. The molecule has 0 radical (unpaired) electrons. The van der Waals surface area contributed by atoms with Gasteiger partial charge < -0.3 is 14.4 Å². The first-order chi connectivity index (χ1) is 13.1. The molecule has 158 valence electrons. The average molecular weight is 414 g/mol. The molecule has 1 N–H and O–H groups in total. The molecule has 0 aliphatic carbocycles. The number of nitrogens with zero attached hydrogens (tertiary/aromatic N) is 2. The maximum Gasteiger partial charge on any atom is 0.436 e. The Morgan fingerprint density at radius 2 is 1.57 bits per heavy atom. The summed E-state index contributed by atoms with van der Waals surface area (Å²) in [5, 5.41) is 0.824. The minimum absolute atomic E-state index is 0.0183. The van der Waals surface area contributed by atoms with E-state index in [0.29, 0.717) is 23.3 Å². The van der Waals surface area contributed by atoms with Crippen molar-refractivity contribution in [1.82, 2.24) is 15.3 Å². The second-order valence-electron chi connectivity index (χ2n) is 7.37. The fourth-order valence-corrected chi connectivity index (χ4v) is 4.04. The van der Waals surface area contributed by atoms with Crippen molar-refractivity contribution in [3.05, 3.63) is 11.3 Å². The van der Waals surface area contributed by atoms with Gasteiger partial charge in [0, 0.05) is 24.4 Å². The lowest BCUT2D eigenvalue weighted by Crippen LogP contribution is -2.50. The van der Waals surface area contributed by atoms with Gasteiger partial charge in [0.25, 0.3) is 5.91 Å². The summed E-state index contributed by atoms with van der Waals surface area (Å²) in [4.78, 5) is 51.4. The van der Waals surface area contributed by atoms with Crippen LogP contribution in [0.4, 0.5) is 9.59 Å². The topological polar surface area (TPSA) is 105 Å². The summed E-state index contributed by atoms with van der Waals surface area (Å²) in [5.41, 5.74) is 2.07. The molecule has 1 aliphatic rings. The summed E-state index contributed by atoms with van der Waals surface area (Å²) >= 11 is 0. The van der Waals surface area contributed by atoms with Gasteiger partial charge in [-0.25, -0.2) is 15.0 Å². The van der Waals surface area contributed by atoms with Crippen molar-refractivity contribution < 1.29 is 28.7 Å². The highest BCUT2D eigenvalue weighted by atomic mass is 28.3. The first kappa shape index (κ1) is 23.7. The van der Waals surface area contributed by atoms with Gasteiger partial charge in [-0.2, -0.15) is 0 Å². The van der Waals surface area contributed by atoms with Crippen LogP contribution in [0.2, 0.25) is 19.6 Å². The zero-order valence-corrected chi connectivity index (χ0v) is 18.4. The Balaban J connectivity index is 3.15. The van der Waals surface area contributed by atoms with Crippen molar-refractivity contribution in [2.45, 2.75) is 52.8 Å². The van der Waals surface area contributed by atoms with Crippen LogP contribution in [-0.4, -0.2) is 68.3 Å². The zero-order valence-electron chi connectivity index (χ0n) is 17.4. The van der Waals surface area contributed by atoms with E-state index in [9.17, 15) is 19.2 Å². The normalized spacial score (nSPS) is 14.9. The molecule has 1 saturated heterocycles. The molecule has 0 aromatic carbocycles. The van der Waals surface area contributed by atoms with Crippen molar-refractivity contribution in [1.29, 1.82) is 0 Å². The van der Waals surface area contributed by atoms with E-state index >= 15 is 0 Å². The van der Waals surface area contributed by atoms with Crippen molar-refractivity contribution in [3.63, 3.8) is 0 Å². The van der Waals surface area contributed by atoms with Crippen LogP contribution in [0.15, 0.2) is 11.3 Å². The van der Waals surface area contributed by atoms with E-state index in [1.54, 1.807) is 18.7 Å². The summed E-state index contributed by atoms with van der Waals surface area (Å²) in [7, 11) is -2.22. The van der Waals surface area contributed by atoms with E-state index in [0.717, 1.165) is 25.3 Å². The fraction of sp³-hybridized carbons (Fsp3) is 0.667. The number of carbonyl (C=O) groups is 4. The minimum atomic E-state index is -2.22. The molecule has 4 amide bonds. The predicted octanol–water partition coefficient (Wildman–Crippen LogP) is 2.45. The Bertz CT molecular complexity index is 623. The molecule has 0 atom stereocenters. The molecule has 1 heterocycles. The van der Waals surface area contributed by atoms with Gasteiger partial charge in [0.15, 0.2) is 0 Å². The number of ether oxygens (including phenoxy) is 2. The van der Waals surface area contributed by atoms with Gasteiger partial charge in [-0.3, -0.25) is 9.59 Å². The Labute approximate surface area is 167 Å². The Morgan fingerprint density at radius 3 is 2.07 bits per heavy atom. The summed E-state index contributed by atoms with van der Waals surface area (Å²) < 4.78 is 9.56. The van der Waals surface area contributed by atoms with Crippen LogP contribution >= 0.6 is 0 Å². The molecule has 0 bridgehead atoms. The second-order valence-corrected chi connectivity index (χ2v) is 12.4. The summed E-state index contributed by atoms with van der Waals surface area (Å²) in [6.07, 6.45) is 2.07. The minimum Gasteiger partial charge on any atom is -0.449 e. The first-order valence-electron chi connectivity index (χ1n) is 9.57. The summed E-state index contributed by atoms with van der Waals surface area (Å²) in [5.74, 6) is -1.04. The SMILES string of the molecule is CCOC(=O)NN(C(=O)/C=C(\C(=O)N1CCCCC1)[Si](C)(C)C)C(=O)OCC. The molecule has 0 aromatic rings. The lowest BCUT2D eigenvalue weighted by atomic mass is 10.1. The average Bonchev–Trinajstić information content (AvgIpc) is 2.63. The lowest BCUT2D eigenvalue weighted by molar-refractivity contribution is -0.129. The van der Waals surface area contributed by atoms with Gasteiger partial charge in [-0.05, 0) is 33.1 Å². The smallest absolute Gasteiger partial charge is 0.436 e. The van der Waals surface area contributed by atoms with Gasteiger partial charge in [-0.1, -0.05) is 19.6 Å². The van der Waals surface area contributed by atoms with Crippen LogP contribution in [0.5, 0.6) is 0 Å². The number of piperidine rings is 1. The molecule has 28 heavy (non-hydrogen) atoms. The summed E-state index contributed by atoms with van der Waals surface area (Å²) in [6, 6.07) is 0. The van der Waals surface area contributed by atoms with Crippen molar-refractivity contribution >= 4 is 32.1 Å². The van der Waals surface area contributed by atoms with E-state index in [1.165, 1.54) is 0 Å². The van der Waals surface area contributed by atoms with E-state index in [2.05, 4.69) is 5.43 Å². The van der Waals surface area contributed by atoms with Crippen molar-refractivity contribution in [2.24, 2.45) is 0 Å². The van der Waals surface area contributed by atoms with Gasteiger partial charge in [0.1, 0.15) is 0 Å². The van der Waals surface area contributed by atoms with Crippen LogP contribution in [0.3, 0.4) is 0 Å². The van der Waals surface area contributed by atoms with Gasteiger partial charge in [-0.15, -0.1) is 5.01 Å². The number of hydrazine groups is 1. The summed E-state index contributed by atoms with van der Waals surface area (Å²) in [6.45, 7) is 10.4. The number of nitrogens with one attached hydrogen (secondary N) is 1. The standard InChI is InChI=1S/C18H31N3O6Si/c1-6-26-17(24)19-21(18(25)27-7-2)15(22)13-14(28(3,4)5)16(23)20-11-9-8-10-12-20/h13H,6-12H2,1-5H3,(H,19,24)/b14-13+. The number of hydrogen-bond acceptors (Lipinski definition) is 6.